The number of thiophene rings is 1. The van der Waals surface area contributed by atoms with Crippen LogP contribution in [0.2, 0.25) is 0 Å². The summed E-state index contributed by atoms with van der Waals surface area (Å²) in [6, 6.07) is 2.11. The van der Waals surface area contributed by atoms with E-state index in [1.807, 2.05) is 24.4 Å². The highest BCUT2D eigenvalue weighted by Crippen LogP contribution is 2.43. The summed E-state index contributed by atoms with van der Waals surface area (Å²) in [4.78, 5) is 22.5. The number of carbonyl (C=O) groups is 1. The van der Waals surface area contributed by atoms with Crippen molar-refractivity contribution in [2.75, 3.05) is 33.3 Å². The number of nitrogens with one attached hydrogen (secondary N) is 1. The third kappa shape index (κ3) is 3.33. The molecular formula is C19H25N3O2S2. The minimum absolute atomic E-state index is 0.121. The Bertz CT molecular complexity index is 793. The topological polar surface area (TPSA) is 54.5 Å². The Labute approximate surface area is 162 Å². The monoisotopic (exact) mass is 391 g/mol. The first-order chi connectivity index (χ1) is 12.6. The Morgan fingerprint density at radius 1 is 1.42 bits per heavy atom. The molecule has 0 saturated carbocycles. The number of aryl methyl sites for hydroxylation is 1. The molecule has 2 aromatic rings. The number of thiazole rings is 1. The second kappa shape index (κ2) is 7.38. The quantitative estimate of drug-likeness (QED) is 0.871. The van der Waals surface area contributed by atoms with Crippen molar-refractivity contribution in [3.05, 3.63) is 37.5 Å². The van der Waals surface area contributed by atoms with E-state index in [1.165, 1.54) is 15.3 Å². The maximum Gasteiger partial charge on any atom is 0.263 e. The molecule has 140 valence electrons. The number of nitrogens with zero attached hydrogens (tertiary/aromatic N) is 2. The van der Waals surface area contributed by atoms with Gasteiger partial charge >= 0.3 is 0 Å². The number of aromatic nitrogens is 1. The van der Waals surface area contributed by atoms with Gasteiger partial charge in [-0.15, -0.1) is 22.7 Å². The highest BCUT2D eigenvalue weighted by atomic mass is 32.1. The number of ether oxygens (including phenoxy) is 1. The van der Waals surface area contributed by atoms with Gasteiger partial charge in [-0.25, -0.2) is 4.98 Å². The highest BCUT2D eigenvalue weighted by molar-refractivity contribution is 7.14. The van der Waals surface area contributed by atoms with E-state index in [2.05, 4.69) is 16.4 Å². The smallest absolute Gasteiger partial charge is 0.263 e. The van der Waals surface area contributed by atoms with E-state index >= 15 is 0 Å². The van der Waals surface area contributed by atoms with E-state index in [0.29, 0.717) is 0 Å². The summed E-state index contributed by atoms with van der Waals surface area (Å²) in [6.45, 7) is 5.47. The standard InChI is InChI=1S/C19H25N3O2S2/c1-13-15(25-12-21-13)3-9-22(2)18(23)17-11-14-16(26-17)4-10-24-19(14)5-7-20-8-6-19/h11-12,20H,3-10H2,1-2H3. The number of carbonyl (C=O) groups excluding carboxylic acids is 1. The summed E-state index contributed by atoms with van der Waals surface area (Å²) < 4.78 is 6.23. The molecule has 2 aromatic heterocycles. The van der Waals surface area contributed by atoms with Gasteiger partial charge in [0.1, 0.15) is 0 Å². The summed E-state index contributed by atoms with van der Waals surface area (Å²) in [5.74, 6) is 0.121. The molecule has 0 radical (unpaired) electrons. The first kappa shape index (κ1) is 18.1. The molecule has 1 amide bonds. The molecule has 4 heterocycles. The summed E-state index contributed by atoms with van der Waals surface area (Å²) >= 11 is 3.33. The normalized spacial score (nSPS) is 18.7. The maximum absolute atomic E-state index is 12.9. The van der Waals surface area contributed by atoms with E-state index < -0.39 is 0 Å². The molecule has 0 bridgehead atoms. The molecule has 2 aliphatic rings. The van der Waals surface area contributed by atoms with Crippen molar-refractivity contribution in [2.45, 2.75) is 38.2 Å². The van der Waals surface area contributed by atoms with Gasteiger partial charge in [0.2, 0.25) is 0 Å². The third-order valence-electron chi connectivity index (χ3n) is 5.50. The minimum atomic E-state index is -0.174. The Balaban J connectivity index is 1.49. The van der Waals surface area contributed by atoms with E-state index in [-0.39, 0.29) is 11.5 Å². The summed E-state index contributed by atoms with van der Waals surface area (Å²) in [5.41, 5.74) is 4.04. The van der Waals surface area contributed by atoms with Gasteiger partial charge in [0.15, 0.2) is 0 Å². The molecule has 1 N–H and O–H groups in total. The average Bonchev–Trinajstić information content (AvgIpc) is 3.27. The van der Waals surface area contributed by atoms with E-state index in [4.69, 9.17) is 4.74 Å². The Hall–Kier alpha value is -1.28. The number of hydrogen-bond donors (Lipinski definition) is 1. The van der Waals surface area contributed by atoms with Gasteiger partial charge < -0.3 is 15.0 Å². The Morgan fingerprint density at radius 3 is 2.96 bits per heavy atom. The summed E-state index contributed by atoms with van der Waals surface area (Å²) in [6.07, 6.45) is 3.77. The van der Waals surface area contributed by atoms with E-state index in [9.17, 15) is 4.79 Å². The van der Waals surface area contributed by atoms with Gasteiger partial charge in [-0.3, -0.25) is 4.79 Å². The lowest BCUT2D eigenvalue weighted by atomic mass is 9.83. The molecule has 5 nitrogen and oxygen atoms in total. The van der Waals surface area contributed by atoms with Crippen LogP contribution in [0.15, 0.2) is 11.6 Å². The van der Waals surface area contributed by atoms with Crippen LogP contribution in [0.5, 0.6) is 0 Å². The van der Waals surface area contributed by atoms with Crippen molar-refractivity contribution in [2.24, 2.45) is 0 Å². The van der Waals surface area contributed by atoms with Crippen molar-refractivity contribution in [1.29, 1.82) is 0 Å². The first-order valence-corrected chi connectivity index (χ1v) is 10.9. The molecule has 2 aliphatic heterocycles. The predicted molar refractivity (Wildman–Crippen MR) is 105 cm³/mol. The zero-order valence-electron chi connectivity index (χ0n) is 15.3. The van der Waals surface area contributed by atoms with Gasteiger partial charge in [0.05, 0.1) is 28.3 Å². The molecule has 1 fully saturated rings. The fraction of sp³-hybridized carbons (Fsp3) is 0.579. The lowest BCUT2D eigenvalue weighted by Gasteiger charge is -2.40. The minimum Gasteiger partial charge on any atom is -0.370 e. The second-order valence-corrected chi connectivity index (χ2v) is 9.20. The molecule has 1 saturated heterocycles. The van der Waals surface area contributed by atoms with Crippen molar-refractivity contribution in [3.63, 3.8) is 0 Å². The van der Waals surface area contributed by atoms with Gasteiger partial charge in [0.25, 0.3) is 5.91 Å². The third-order valence-corrected chi connectivity index (χ3v) is 7.67. The van der Waals surface area contributed by atoms with Crippen molar-refractivity contribution >= 4 is 28.6 Å². The molecular weight excluding hydrogens is 366 g/mol. The molecule has 0 aromatic carbocycles. The van der Waals surface area contributed by atoms with Gasteiger partial charge in [-0.05, 0) is 44.5 Å². The first-order valence-electron chi connectivity index (χ1n) is 9.21. The van der Waals surface area contributed by atoms with Gasteiger partial charge in [-0.1, -0.05) is 0 Å². The van der Waals surface area contributed by atoms with Gasteiger partial charge in [-0.2, -0.15) is 0 Å². The van der Waals surface area contributed by atoms with E-state index in [0.717, 1.165) is 62.5 Å². The summed E-state index contributed by atoms with van der Waals surface area (Å²) in [5, 5.41) is 3.41. The van der Waals surface area contributed by atoms with Crippen LogP contribution in [-0.2, 0) is 23.2 Å². The SMILES string of the molecule is Cc1ncsc1CCN(C)C(=O)c1cc2c(s1)CCOC21CCNCC1. The lowest BCUT2D eigenvalue weighted by Crippen LogP contribution is -2.44. The number of piperidine rings is 1. The Kier molecular flexibility index (Phi) is 5.14. The van der Waals surface area contributed by atoms with Crippen LogP contribution in [-0.4, -0.2) is 49.1 Å². The van der Waals surface area contributed by atoms with Crippen LogP contribution in [0.25, 0.3) is 0 Å². The number of likely N-dealkylation sites (N-methyl/N-ethyl adjacent to an activating group) is 1. The second-order valence-electron chi connectivity index (χ2n) is 7.13. The van der Waals surface area contributed by atoms with Gasteiger partial charge in [0, 0.05) is 36.2 Å². The van der Waals surface area contributed by atoms with Crippen LogP contribution in [0, 0.1) is 6.92 Å². The largest absolute Gasteiger partial charge is 0.370 e. The van der Waals surface area contributed by atoms with Crippen molar-refractivity contribution in [1.82, 2.24) is 15.2 Å². The van der Waals surface area contributed by atoms with E-state index in [1.54, 1.807) is 22.7 Å². The maximum atomic E-state index is 12.9. The zero-order valence-corrected chi connectivity index (χ0v) is 17.0. The van der Waals surface area contributed by atoms with Crippen LogP contribution in [0.4, 0.5) is 0 Å². The zero-order chi connectivity index (χ0) is 18.1. The fourth-order valence-corrected chi connectivity index (χ4v) is 5.89. The summed E-state index contributed by atoms with van der Waals surface area (Å²) in [7, 11) is 1.90. The molecule has 0 aliphatic carbocycles. The van der Waals surface area contributed by atoms with Crippen molar-refractivity contribution < 1.29 is 9.53 Å². The number of rotatable bonds is 4. The van der Waals surface area contributed by atoms with Crippen LogP contribution >= 0.6 is 22.7 Å². The van der Waals surface area contributed by atoms with Crippen LogP contribution in [0.3, 0.4) is 0 Å². The van der Waals surface area contributed by atoms with Crippen LogP contribution < -0.4 is 5.32 Å². The molecule has 4 rings (SSSR count). The Morgan fingerprint density at radius 2 is 2.23 bits per heavy atom. The predicted octanol–water partition coefficient (Wildman–Crippen LogP) is 2.98. The molecule has 26 heavy (non-hydrogen) atoms. The molecule has 7 heteroatoms. The van der Waals surface area contributed by atoms with Crippen LogP contribution in [0.1, 0.15) is 43.5 Å². The molecule has 0 unspecified atom stereocenters. The lowest BCUT2D eigenvalue weighted by molar-refractivity contribution is -0.0792. The molecule has 1 spiro atoms. The fourth-order valence-electron chi connectivity index (χ4n) is 3.89. The average molecular weight is 392 g/mol. The number of hydrogen-bond acceptors (Lipinski definition) is 6. The molecule has 0 atom stereocenters. The highest BCUT2D eigenvalue weighted by Gasteiger charge is 2.40. The number of fused-ring (bicyclic) bond motifs is 2. The van der Waals surface area contributed by atoms with Crippen molar-refractivity contribution in [3.8, 4) is 0 Å². The number of amides is 1.